The van der Waals surface area contributed by atoms with Gasteiger partial charge >= 0.3 is 0 Å². The van der Waals surface area contributed by atoms with Crippen molar-refractivity contribution in [3.8, 4) is 22.5 Å². The molecule has 6 nitrogen and oxygen atoms in total. The van der Waals surface area contributed by atoms with E-state index in [4.69, 9.17) is 4.52 Å². The zero-order valence-corrected chi connectivity index (χ0v) is 18.0. The summed E-state index contributed by atoms with van der Waals surface area (Å²) >= 11 is 0. The van der Waals surface area contributed by atoms with Crippen LogP contribution >= 0.6 is 0 Å². The van der Waals surface area contributed by atoms with Gasteiger partial charge in [0, 0.05) is 24.0 Å². The summed E-state index contributed by atoms with van der Waals surface area (Å²) in [6, 6.07) is 21.5. The molecule has 0 aliphatic carbocycles. The lowest BCUT2D eigenvalue weighted by Crippen LogP contribution is -2.30. The summed E-state index contributed by atoms with van der Waals surface area (Å²) in [6.45, 7) is 3.98. The Morgan fingerprint density at radius 3 is 2.50 bits per heavy atom. The van der Waals surface area contributed by atoms with Crippen LogP contribution in [0.3, 0.4) is 0 Å². The number of amides is 1. The van der Waals surface area contributed by atoms with Crippen molar-refractivity contribution in [3.63, 3.8) is 0 Å². The molecule has 32 heavy (non-hydrogen) atoms. The number of hydrogen-bond donors (Lipinski definition) is 1. The first-order valence-corrected chi connectivity index (χ1v) is 10.5. The third kappa shape index (κ3) is 5.16. The number of nitrogens with one attached hydrogen (secondary N) is 1. The number of aromatic nitrogens is 3. The number of carbonyl (C=O) groups is 1. The van der Waals surface area contributed by atoms with Crippen molar-refractivity contribution in [2.75, 3.05) is 0 Å². The molecule has 4 rings (SSSR count). The summed E-state index contributed by atoms with van der Waals surface area (Å²) in [5.41, 5.74) is 3.93. The zero-order valence-electron chi connectivity index (χ0n) is 18.0. The molecular formula is C26H24N4O2. The molecule has 1 amide bonds. The molecular weight excluding hydrogens is 400 g/mol. The maximum atomic E-state index is 12.6. The van der Waals surface area contributed by atoms with Crippen LogP contribution in [-0.4, -0.2) is 21.0 Å². The number of rotatable bonds is 7. The summed E-state index contributed by atoms with van der Waals surface area (Å²) in [7, 11) is 0. The lowest BCUT2D eigenvalue weighted by Gasteiger charge is -2.17. The topological polar surface area (TPSA) is 80.9 Å². The van der Waals surface area contributed by atoms with Gasteiger partial charge in [-0.25, -0.2) is 0 Å². The van der Waals surface area contributed by atoms with E-state index in [-0.39, 0.29) is 11.8 Å². The molecule has 6 heteroatoms. The van der Waals surface area contributed by atoms with E-state index in [1.807, 2.05) is 56.3 Å². The second kappa shape index (κ2) is 9.83. The van der Waals surface area contributed by atoms with Crippen molar-refractivity contribution in [2.45, 2.75) is 19.9 Å². The number of nitrogens with zero attached hydrogens (tertiary/aromatic N) is 3. The van der Waals surface area contributed by atoms with Crippen LogP contribution in [0.1, 0.15) is 31.3 Å². The second-order valence-corrected chi connectivity index (χ2v) is 7.75. The smallest absolute Gasteiger partial charge is 0.249 e. The highest BCUT2D eigenvalue weighted by Gasteiger charge is 2.24. The average molecular weight is 425 g/mol. The van der Waals surface area contributed by atoms with Crippen LogP contribution in [0.5, 0.6) is 0 Å². The molecule has 0 fully saturated rings. The first-order valence-electron chi connectivity index (χ1n) is 10.5. The molecule has 1 unspecified atom stereocenters. The van der Waals surface area contributed by atoms with Crippen molar-refractivity contribution in [2.24, 2.45) is 5.92 Å². The van der Waals surface area contributed by atoms with Crippen LogP contribution < -0.4 is 5.32 Å². The van der Waals surface area contributed by atoms with E-state index in [9.17, 15) is 4.79 Å². The van der Waals surface area contributed by atoms with Gasteiger partial charge in [-0.2, -0.15) is 4.98 Å². The maximum Gasteiger partial charge on any atom is 0.249 e. The fraction of sp³-hybridized carbons (Fsp3) is 0.154. The van der Waals surface area contributed by atoms with Gasteiger partial charge in [0.2, 0.25) is 17.6 Å². The van der Waals surface area contributed by atoms with E-state index < -0.39 is 6.04 Å². The van der Waals surface area contributed by atoms with Crippen LogP contribution in [0.25, 0.3) is 28.6 Å². The zero-order chi connectivity index (χ0) is 22.3. The van der Waals surface area contributed by atoms with Crippen molar-refractivity contribution < 1.29 is 9.32 Å². The minimum atomic E-state index is -0.402. The van der Waals surface area contributed by atoms with Gasteiger partial charge in [0.05, 0.1) is 0 Å². The summed E-state index contributed by atoms with van der Waals surface area (Å²) in [5.74, 6) is 0.652. The number of hydrogen-bond acceptors (Lipinski definition) is 5. The molecule has 0 bridgehead atoms. The molecule has 2 heterocycles. The molecule has 4 aromatic rings. The van der Waals surface area contributed by atoms with Crippen LogP contribution in [0, 0.1) is 5.92 Å². The SMILES string of the molecule is CC(C)C(NC(=O)/C=C/c1cccc(-c2ccccc2)c1)c1nc(-c2cccnc2)no1. The highest BCUT2D eigenvalue weighted by atomic mass is 16.5. The van der Waals surface area contributed by atoms with E-state index in [1.165, 1.54) is 6.08 Å². The Morgan fingerprint density at radius 2 is 1.75 bits per heavy atom. The summed E-state index contributed by atoms with van der Waals surface area (Å²) in [4.78, 5) is 21.2. The minimum Gasteiger partial charge on any atom is -0.340 e. The Bertz CT molecular complexity index is 1200. The number of pyridine rings is 1. The minimum absolute atomic E-state index is 0.0657. The summed E-state index contributed by atoms with van der Waals surface area (Å²) in [5, 5.41) is 7.01. The quantitative estimate of drug-likeness (QED) is 0.406. The lowest BCUT2D eigenvalue weighted by molar-refractivity contribution is -0.117. The highest BCUT2D eigenvalue weighted by Crippen LogP contribution is 2.24. The van der Waals surface area contributed by atoms with E-state index in [1.54, 1.807) is 18.5 Å². The van der Waals surface area contributed by atoms with Crippen LogP contribution in [0.2, 0.25) is 0 Å². The second-order valence-electron chi connectivity index (χ2n) is 7.75. The average Bonchev–Trinajstić information content (AvgIpc) is 3.32. The van der Waals surface area contributed by atoms with Gasteiger partial charge < -0.3 is 9.84 Å². The standard InChI is InChI=1S/C26H24N4O2/c1-18(2)24(26-29-25(30-32-26)22-12-7-15-27-17-22)28-23(31)14-13-19-8-6-11-21(16-19)20-9-4-3-5-10-20/h3-18,24H,1-2H3,(H,28,31)/b14-13+. The van der Waals surface area contributed by atoms with Crippen LogP contribution in [0.4, 0.5) is 0 Å². The Kier molecular flexibility index (Phi) is 6.51. The van der Waals surface area contributed by atoms with Gasteiger partial charge in [-0.3, -0.25) is 9.78 Å². The van der Waals surface area contributed by atoms with Crippen molar-refractivity contribution in [1.29, 1.82) is 0 Å². The Hall–Kier alpha value is -4.06. The monoisotopic (exact) mass is 424 g/mol. The molecule has 0 radical (unpaired) electrons. The Labute approximate surface area is 187 Å². The van der Waals surface area contributed by atoms with E-state index in [2.05, 4.69) is 44.7 Å². The van der Waals surface area contributed by atoms with Gasteiger partial charge in [0.1, 0.15) is 6.04 Å². The largest absolute Gasteiger partial charge is 0.340 e. The normalized spacial score (nSPS) is 12.2. The third-order valence-corrected chi connectivity index (χ3v) is 5.01. The molecule has 0 saturated carbocycles. The Balaban J connectivity index is 1.46. The van der Waals surface area contributed by atoms with Crippen molar-refractivity contribution in [3.05, 3.63) is 96.7 Å². The summed E-state index contributed by atoms with van der Waals surface area (Å²) in [6.07, 6.45) is 6.68. The van der Waals surface area contributed by atoms with Crippen molar-refractivity contribution in [1.82, 2.24) is 20.4 Å². The molecule has 0 saturated heterocycles. The lowest BCUT2D eigenvalue weighted by atomic mass is 10.0. The van der Waals surface area contributed by atoms with Gasteiger partial charge in [0.25, 0.3) is 0 Å². The molecule has 1 atom stereocenters. The maximum absolute atomic E-state index is 12.6. The van der Waals surface area contributed by atoms with Gasteiger partial charge in [-0.05, 0) is 46.9 Å². The molecule has 2 aromatic heterocycles. The predicted molar refractivity (Wildman–Crippen MR) is 124 cm³/mol. The first-order chi connectivity index (χ1) is 15.6. The van der Waals surface area contributed by atoms with Crippen LogP contribution in [0.15, 0.2) is 89.7 Å². The molecule has 0 aliphatic heterocycles. The number of benzene rings is 2. The third-order valence-electron chi connectivity index (χ3n) is 5.01. The molecule has 0 spiro atoms. The Morgan fingerprint density at radius 1 is 0.969 bits per heavy atom. The molecule has 160 valence electrons. The van der Waals surface area contributed by atoms with Crippen LogP contribution in [-0.2, 0) is 4.79 Å². The van der Waals surface area contributed by atoms with Crippen molar-refractivity contribution >= 4 is 12.0 Å². The van der Waals surface area contributed by atoms with E-state index in [0.717, 1.165) is 22.3 Å². The predicted octanol–water partition coefficient (Wildman–Crippen LogP) is 5.33. The van der Waals surface area contributed by atoms with Gasteiger partial charge in [-0.15, -0.1) is 0 Å². The molecule has 1 N–H and O–H groups in total. The highest BCUT2D eigenvalue weighted by molar-refractivity contribution is 5.92. The molecule has 0 aliphatic rings. The van der Waals surface area contributed by atoms with Gasteiger partial charge in [0.15, 0.2) is 0 Å². The van der Waals surface area contributed by atoms with Gasteiger partial charge in [-0.1, -0.05) is 67.5 Å². The first kappa shape index (κ1) is 21.2. The molecule has 2 aromatic carbocycles. The summed E-state index contributed by atoms with van der Waals surface area (Å²) < 4.78 is 5.44. The fourth-order valence-corrected chi connectivity index (χ4v) is 3.31. The van der Waals surface area contributed by atoms with E-state index >= 15 is 0 Å². The van der Waals surface area contributed by atoms with E-state index in [0.29, 0.717) is 11.7 Å². The number of carbonyl (C=O) groups excluding carboxylic acids is 1. The fourth-order valence-electron chi connectivity index (χ4n) is 3.31.